The van der Waals surface area contributed by atoms with Gasteiger partial charge in [-0.2, -0.15) is 4.98 Å². The molecule has 11 heteroatoms. The fourth-order valence-corrected chi connectivity index (χ4v) is 6.02. The summed E-state index contributed by atoms with van der Waals surface area (Å²) in [5.41, 5.74) is 2.57. The number of carbonyl (C=O) groups is 2. The Balaban J connectivity index is 1.46. The molecule has 1 unspecified atom stereocenters. The van der Waals surface area contributed by atoms with Crippen LogP contribution >= 0.6 is 23.2 Å². The van der Waals surface area contributed by atoms with Gasteiger partial charge in [-0.1, -0.05) is 70.0 Å². The normalized spacial score (nSPS) is 18.2. The summed E-state index contributed by atoms with van der Waals surface area (Å²) in [7, 11) is 0. The highest BCUT2D eigenvalue weighted by Crippen LogP contribution is 2.48. The Hall–Kier alpha value is -3.56. The number of nitrogens with one attached hydrogen (secondary N) is 1. The van der Waals surface area contributed by atoms with E-state index in [4.69, 9.17) is 27.9 Å². The Labute approximate surface area is 236 Å². The van der Waals surface area contributed by atoms with E-state index in [9.17, 15) is 14.7 Å². The summed E-state index contributed by atoms with van der Waals surface area (Å²) in [6, 6.07) is 10.6. The van der Waals surface area contributed by atoms with Gasteiger partial charge >= 0.3 is 6.09 Å². The monoisotopic (exact) mass is 569 g/mol. The summed E-state index contributed by atoms with van der Waals surface area (Å²) in [5, 5.41) is 13.9. The van der Waals surface area contributed by atoms with Crippen molar-refractivity contribution in [1.29, 1.82) is 0 Å². The molecule has 0 saturated heterocycles. The van der Waals surface area contributed by atoms with Crippen LogP contribution in [0.4, 0.5) is 22.1 Å². The molecule has 9 nitrogen and oxygen atoms in total. The minimum atomic E-state index is -0.945. The van der Waals surface area contributed by atoms with Crippen LogP contribution in [-0.2, 0) is 5.41 Å². The summed E-state index contributed by atoms with van der Waals surface area (Å²) >= 11 is 12.6. The third kappa shape index (κ3) is 4.85. The topological polar surface area (TPSA) is 108 Å². The molecule has 5 rings (SSSR count). The molecule has 3 heterocycles. The average Bonchev–Trinajstić information content (AvgIpc) is 2.83. The third-order valence-electron chi connectivity index (χ3n) is 7.04. The van der Waals surface area contributed by atoms with Crippen LogP contribution < -0.4 is 15.0 Å². The van der Waals surface area contributed by atoms with E-state index in [2.05, 4.69) is 15.3 Å². The molecule has 39 heavy (non-hydrogen) atoms. The minimum absolute atomic E-state index is 0.113. The fourth-order valence-electron chi connectivity index (χ4n) is 5.42. The number of anilines is 3. The molecular formula is C28H29Cl2N5O4. The van der Waals surface area contributed by atoms with Gasteiger partial charge in [-0.05, 0) is 40.8 Å². The van der Waals surface area contributed by atoms with Crippen molar-refractivity contribution < 1.29 is 19.4 Å². The number of hydrogen-bond donors (Lipinski definition) is 2. The summed E-state index contributed by atoms with van der Waals surface area (Å²) in [4.78, 5) is 37.1. The first-order valence-electron chi connectivity index (χ1n) is 12.4. The number of amides is 2. The van der Waals surface area contributed by atoms with E-state index in [1.54, 1.807) is 18.2 Å². The van der Waals surface area contributed by atoms with Gasteiger partial charge < -0.3 is 15.2 Å². The second-order valence-electron chi connectivity index (χ2n) is 11.5. The average molecular weight is 570 g/mol. The number of nitrogens with zero attached hydrogens (tertiary/aromatic N) is 4. The molecule has 204 valence electrons. The van der Waals surface area contributed by atoms with Gasteiger partial charge in [-0.15, -0.1) is 0 Å². The van der Waals surface area contributed by atoms with Crippen LogP contribution in [0, 0.1) is 5.41 Å². The second-order valence-corrected chi connectivity index (χ2v) is 12.3. The number of halogens is 2. The maximum atomic E-state index is 13.2. The molecule has 2 aromatic carbocycles. The smallest absolute Gasteiger partial charge is 0.407 e. The van der Waals surface area contributed by atoms with Gasteiger partial charge in [0.2, 0.25) is 11.8 Å². The van der Waals surface area contributed by atoms with Crippen LogP contribution in [-0.4, -0.2) is 45.3 Å². The quantitative estimate of drug-likeness (QED) is 0.353. The molecule has 2 amide bonds. The first kappa shape index (κ1) is 27.0. The van der Waals surface area contributed by atoms with Crippen molar-refractivity contribution in [3.8, 4) is 5.88 Å². The Morgan fingerprint density at radius 1 is 1.18 bits per heavy atom. The molecular weight excluding hydrogens is 541 g/mol. The van der Waals surface area contributed by atoms with Gasteiger partial charge in [0, 0.05) is 23.8 Å². The number of hydrogen-bond acceptors (Lipinski definition) is 6. The lowest BCUT2D eigenvalue weighted by Crippen LogP contribution is -2.51. The Morgan fingerprint density at radius 2 is 1.87 bits per heavy atom. The first-order chi connectivity index (χ1) is 18.3. The molecule has 0 radical (unpaired) electrons. The van der Waals surface area contributed by atoms with Crippen LogP contribution in [0.15, 0.2) is 42.6 Å². The van der Waals surface area contributed by atoms with Gasteiger partial charge in [-0.3, -0.25) is 14.6 Å². The van der Waals surface area contributed by atoms with Crippen molar-refractivity contribution in [2.45, 2.75) is 46.1 Å². The number of rotatable bonds is 3. The van der Waals surface area contributed by atoms with E-state index >= 15 is 0 Å². The van der Waals surface area contributed by atoms with Gasteiger partial charge in [0.15, 0.2) is 6.73 Å². The van der Waals surface area contributed by atoms with Gasteiger partial charge in [0.25, 0.3) is 5.91 Å². The maximum Gasteiger partial charge on any atom is 0.407 e. The van der Waals surface area contributed by atoms with Gasteiger partial charge in [0.1, 0.15) is 5.56 Å². The zero-order valence-electron chi connectivity index (χ0n) is 22.2. The molecule has 1 atom stereocenters. The number of ether oxygens (including phenoxy) is 1. The largest absolute Gasteiger partial charge is 0.465 e. The molecule has 0 bridgehead atoms. The van der Waals surface area contributed by atoms with E-state index in [0.29, 0.717) is 28.0 Å². The molecule has 0 aliphatic carbocycles. The van der Waals surface area contributed by atoms with Gasteiger partial charge in [0.05, 0.1) is 21.8 Å². The van der Waals surface area contributed by atoms with Crippen molar-refractivity contribution in [2.75, 3.05) is 23.5 Å². The summed E-state index contributed by atoms with van der Waals surface area (Å²) in [6.07, 6.45) is 0.453. The van der Waals surface area contributed by atoms with E-state index in [0.717, 1.165) is 11.1 Å². The first-order valence-corrected chi connectivity index (χ1v) is 13.2. The number of carboxylic acid groups (broad SMARTS) is 1. The van der Waals surface area contributed by atoms with E-state index in [-0.39, 0.29) is 46.9 Å². The number of fused-ring (bicyclic) bond motifs is 2. The number of benzene rings is 2. The predicted octanol–water partition coefficient (Wildman–Crippen LogP) is 6.88. The summed E-state index contributed by atoms with van der Waals surface area (Å²) < 4.78 is 5.79. The third-order valence-corrected chi connectivity index (χ3v) is 7.65. The molecule has 0 fully saturated rings. The van der Waals surface area contributed by atoms with Crippen LogP contribution in [0.25, 0.3) is 0 Å². The molecule has 0 saturated carbocycles. The van der Waals surface area contributed by atoms with Crippen LogP contribution in [0.2, 0.25) is 10.0 Å². The van der Waals surface area contributed by atoms with Crippen LogP contribution in [0.3, 0.4) is 0 Å². The highest BCUT2D eigenvalue weighted by atomic mass is 35.5. The Morgan fingerprint density at radius 3 is 2.51 bits per heavy atom. The standard InChI is InChI=1S/C28H29Cl2N5O4/c1-27(2,3)22-16-11-15(9-10-18(16)28(4,5)13-34(22)26(37)38)32-25-31-12-17-23(33-25)39-14-35(24(17)36)21-19(29)7-6-8-20(21)30/h6-12,22H,13-14H2,1-5H3,(H,37,38)(H,31,32,33). The van der Waals surface area contributed by atoms with Gasteiger partial charge in [-0.25, -0.2) is 9.78 Å². The van der Waals surface area contributed by atoms with Crippen molar-refractivity contribution >= 4 is 52.5 Å². The Bertz CT molecular complexity index is 1470. The molecule has 2 aliphatic rings. The molecule has 1 aromatic heterocycles. The van der Waals surface area contributed by atoms with Crippen molar-refractivity contribution in [3.63, 3.8) is 0 Å². The zero-order valence-corrected chi connectivity index (χ0v) is 23.8. The maximum absolute atomic E-state index is 13.2. The van der Waals surface area contributed by atoms with Crippen molar-refractivity contribution in [3.05, 3.63) is 69.3 Å². The Kier molecular flexibility index (Phi) is 6.63. The lowest BCUT2D eigenvalue weighted by molar-refractivity contribution is 0.0580. The van der Waals surface area contributed by atoms with E-state index in [1.165, 1.54) is 16.0 Å². The van der Waals surface area contributed by atoms with Crippen LogP contribution in [0.1, 0.15) is 62.1 Å². The van der Waals surface area contributed by atoms with Crippen molar-refractivity contribution in [2.24, 2.45) is 5.41 Å². The predicted molar refractivity (Wildman–Crippen MR) is 150 cm³/mol. The second kappa shape index (κ2) is 9.57. The summed E-state index contributed by atoms with van der Waals surface area (Å²) in [6.45, 7) is 10.5. The zero-order chi connectivity index (χ0) is 28.3. The highest BCUT2D eigenvalue weighted by Gasteiger charge is 2.45. The molecule has 2 aliphatic heterocycles. The van der Waals surface area contributed by atoms with Crippen LogP contribution in [0.5, 0.6) is 5.88 Å². The number of aromatic nitrogens is 2. The molecule has 2 N–H and O–H groups in total. The molecule has 0 spiro atoms. The number of para-hydroxylation sites is 1. The SMILES string of the molecule is CC1(C)CN(C(=O)O)C(C(C)(C)C)c2cc(Nc3ncc4c(n3)OCN(c3c(Cl)cccc3Cl)C4=O)ccc21. The fraction of sp³-hybridized carbons (Fsp3) is 0.357. The van der Waals surface area contributed by atoms with Crippen molar-refractivity contribution in [1.82, 2.24) is 14.9 Å². The minimum Gasteiger partial charge on any atom is -0.465 e. The lowest BCUT2D eigenvalue weighted by atomic mass is 9.69. The van der Waals surface area contributed by atoms with E-state index in [1.807, 2.05) is 52.8 Å². The number of carbonyl (C=O) groups excluding carboxylic acids is 1. The lowest BCUT2D eigenvalue weighted by Gasteiger charge is -2.48. The highest BCUT2D eigenvalue weighted by molar-refractivity contribution is 6.40. The van der Waals surface area contributed by atoms with E-state index < -0.39 is 6.09 Å². The molecule has 3 aromatic rings. The summed E-state index contributed by atoms with van der Waals surface area (Å²) in [5.74, 6) is -0.000530.